The molecule has 5 nitrogen and oxygen atoms in total. The van der Waals surface area contributed by atoms with Crippen LogP contribution in [0.3, 0.4) is 0 Å². The molecule has 0 bridgehead atoms. The number of carbonyl (C=O) groups excluding carboxylic acids is 1. The van der Waals surface area contributed by atoms with Gasteiger partial charge in [0.25, 0.3) is 5.91 Å². The Labute approximate surface area is 135 Å². The highest BCUT2D eigenvalue weighted by Crippen LogP contribution is 2.33. The summed E-state index contributed by atoms with van der Waals surface area (Å²) in [6.45, 7) is 4.37. The Kier molecular flexibility index (Phi) is 4.30. The van der Waals surface area contributed by atoms with Crippen LogP contribution in [0.15, 0.2) is 12.1 Å². The molecule has 2 saturated heterocycles. The molecule has 0 aromatic heterocycles. The van der Waals surface area contributed by atoms with Crippen LogP contribution in [-0.2, 0) is 9.47 Å². The maximum atomic E-state index is 12.8. The first kappa shape index (κ1) is 15.6. The van der Waals surface area contributed by atoms with Crippen LogP contribution in [0.1, 0.15) is 28.8 Å². The molecule has 2 heterocycles. The Hall–Kier alpha value is -1.30. The molecule has 6 heteroatoms. The van der Waals surface area contributed by atoms with Gasteiger partial charge >= 0.3 is 0 Å². The predicted molar refractivity (Wildman–Crippen MR) is 82.5 cm³/mol. The van der Waals surface area contributed by atoms with Crippen LogP contribution in [0.4, 0.5) is 0 Å². The van der Waals surface area contributed by atoms with E-state index in [1.54, 1.807) is 24.1 Å². The van der Waals surface area contributed by atoms with E-state index in [1.165, 1.54) is 0 Å². The zero-order valence-corrected chi connectivity index (χ0v) is 13.6. The van der Waals surface area contributed by atoms with E-state index in [-0.39, 0.29) is 5.91 Å². The van der Waals surface area contributed by atoms with Crippen LogP contribution in [0, 0.1) is 6.92 Å². The van der Waals surface area contributed by atoms with Gasteiger partial charge in [-0.2, -0.15) is 0 Å². The predicted octanol–water partition coefficient (Wildman–Crippen LogP) is 2.64. The number of likely N-dealkylation sites (tertiary alicyclic amines) is 1. The van der Waals surface area contributed by atoms with Crippen molar-refractivity contribution in [3.8, 4) is 5.75 Å². The third-order valence-electron chi connectivity index (χ3n) is 4.34. The van der Waals surface area contributed by atoms with Gasteiger partial charge in [-0.25, -0.2) is 0 Å². The minimum Gasteiger partial charge on any atom is -0.496 e. The molecule has 2 fully saturated rings. The summed E-state index contributed by atoms with van der Waals surface area (Å²) in [4.78, 5) is 14.6. The fourth-order valence-corrected chi connectivity index (χ4v) is 3.16. The first-order valence-electron chi connectivity index (χ1n) is 7.46. The largest absolute Gasteiger partial charge is 0.496 e. The molecule has 0 radical (unpaired) electrons. The number of halogens is 1. The van der Waals surface area contributed by atoms with Crippen LogP contribution in [0.2, 0.25) is 5.02 Å². The highest BCUT2D eigenvalue weighted by molar-refractivity contribution is 6.31. The summed E-state index contributed by atoms with van der Waals surface area (Å²) in [5.41, 5.74) is 1.39. The lowest BCUT2D eigenvalue weighted by molar-refractivity contribution is -0.181. The molecule has 2 aliphatic rings. The number of aryl methyl sites for hydroxylation is 1. The first-order chi connectivity index (χ1) is 10.5. The summed E-state index contributed by atoms with van der Waals surface area (Å²) in [7, 11) is 1.56. The van der Waals surface area contributed by atoms with Crippen molar-refractivity contribution in [1.82, 2.24) is 4.90 Å². The fraction of sp³-hybridized carbons (Fsp3) is 0.562. The van der Waals surface area contributed by atoms with Crippen molar-refractivity contribution >= 4 is 17.5 Å². The van der Waals surface area contributed by atoms with Crippen LogP contribution in [0.25, 0.3) is 0 Å². The second-order valence-electron chi connectivity index (χ2n) is 5.70. The maximum absolute atomic E-state index is 12.8. The van der Waals surface area contributed by atoms with Crippen LogP contribution in [-0.4, -0.2) is 50.0 Å². The standard InChI is InChI=1S/C16H20ClNO4/c1-11-9-14(20-2)12(10-13(11)17)15(19)18-5-3-16(4-6-18)21-7-8-22-16/h9-10H,3-8H2,1-2H3. The Morgan fingerprint density at radius 1 is 1.27 bits per heavy atom. The molecule has 120 valence electrons. The summed E-state index contributed by atoms with van der Waals surface area (Å²) in [6.07, 6.45) is 1.39. The Bertz CT molecular complexity index is 574. The molecular formula is C16H20ClNO4. The van der Waals surface area contributed by atoms with Gasteiger partial charge in [0.1, 0.15) is 5.75 Å². The molecule has 0 saturated carbocycles. The Morgan fingerprint density at radius 3 is 2.50 bits per heavy atom. The van der Waals surface area contributed by atoms with E-state index in [2.05, 4.69) is 0 Å². The number of hydrogen-bond donors (Lipinski definition) is 0. The molecule has 2 aliphatic heterocycles. The molecule has 0 N–H and O–H groups in total. The van der Waals surface area contributed by atoms with Gasteiger partial charge in [-0.15, -0.1) is 0 Å². The number of nitrogens with zero attached hydrogens (tertiary/aromatic N) is 1. The van der Waals surface area contributed by atoms with Gasteiger partial charge in [0, 0.05) is 31.0 Å². The SMILES string of the molecule is COc1cc(C)c(Cl)cc1C(=O)N1CCC2(CC1)OCCO2. The summed E-state index contributed by atoms with van der Waals surface area (Å²) < 4.78 is 16.7. The van der Waals surface area contributed by atoms with Gasteiger partial charge < -0.3 is 19.1 Å². The number of rotatable bonds is 2. The zero-order valence-electron chi connectivity index (χ0n) is 12.9. The summed E-state index contributed by atoms with van der Waals surface area (Å²) >= 11 is 6.16. The van der Waals surface area contributed by atoms with Gasteiger partial charge in [0.15, 0.2) is 5.79 Å². The van der Waals surface area contributed by atoms with E-state index in [9.17, 15) is 4.79 Å². The number of piperidine rings is 1. The average molecular weight is 326 g/mol. The molecule has 1 amide bonds. The lowest BCUT2D eigenvalue weighted by atomic mass is 10.0. The number of amides is 1. The second-order valence-corrected chi connectivity index (χ2v) is 6.11. The van der Waals surface area contributed by atoms with Crippen LogP contribution >= 0.6 is 11.6 Å². The maximum Gasteiger partial charge on any atom is 0.257 e. The number of benzene rings is 1. The van der Waals surface area contributed by atoms with Crippen molar-refractivity contribution in [2.75, 3.05) is 33.4 Å². The smallest absolute Gasteiger partial charge is 0.257 e. The topological polar surface area (TPSA) is 48.0 Å². The third-order valence-corrected chi connectivity index (χ3v) is 4.74. The zero-order chi connectivity index (χ0) is 15.7. The van der Waals surface area contributed by atoms with Crippen LogP contribution < -0.4 is 4.74 Å². The van der Waals surface area contributed by atoms with E-state index in [4.69, 9.17) is 25.8 Å². The molecule has 1 spiro atoms. The quantitative estimate of drug-likeness (QED) is 0.838. The number of ether oxygens (including phenoxy) is 3. The third kappa shape index (κ3) is 2.81. The van der Waals surface area contributed by atoms with Crippen molar-refractivity contribution in [3.63, 3.8) is 0 Å². The number of carbonyl (C=O) groups is 1. The average Bonchev–Trinajstić information content (AvgIpc) is 2.98. The van der Waals surface area contributed by atoms with Gasteiger partial charge in [-0.05, 0) is 24.6 Å². The molecular weight excluding hydrogens is 306 g/mol. The molecule has 1 aromatic carbocycles. The van der Waals surface area contributed by atoms with E-state index in [0.29, 0.717) is 55.5 Å². The van der Waals surface area contributed by atoms with E-state index < -0.39 is 5.79 Å². The summed E-state index contributed by atoms with van der Waals surface area (Å²) in [6, 6.07) is 3.48. The van der Waals surface area contributed by atoms with Crippen molar-refractivity contribution in [2.24, 2.45) is 0 Å². The summed E-state index contributed by atoms with van der Waals surface area (Å²) in [5, 5.41) is 0.570. The van der Waals surface area contributed by atoms with Crippen molar-refractivity contribution < 1.29 is 19.0 Å². The molecule has 1 aromatic rings. The molecule has 0 aliphatic carbocycles. The highest BCUT2D eigenvalue weighted by atomic mass is 35.5. The van der Waals surface area contributed by atoms with Crippen molar-refractivity contribution in [1.29, 1.82) is 0 Å². The van der Waals surface area contributed by atoms with Gasteiger partial charge in [0.05, 0.1) is 25.9 Å². The van der Waals surface area contributed by atoms with Gasteiger partial charge in [-0.3, -0.25) is 4.79 Å². The first-order valence-corrected chi connectivity index (χ1v) is 7.84. The lowest BCUT2D eigenvalue weighted by Gasteiger charge is -2.37. The monoisotopic (exact) mass is 325 g/mol. The molecule has 3 rings (SSSR count). The Balaban J connectivity index is 1.76. The fourth-order valence-electron chi connectivity index (χ4n) is 3.00. The van der Waals surface area contributed by atoms with E-state index in [0.717, 1.165) is 5.56 Å². The van der Waals surface area contributed by atoms with Crippen molar-refractivity contribution in [2.45, 2.75) is 25.6 Å². The van der Waals surface area contributed by atoms with Crippen LogP contribution in [0.5, 0.6) is 5.75 Å². The molecule has 0 atom stereocenters. The second kappa shape index (κ2) is 6.07. The number of methoxy groups -OCH3 is 1. The van der Waals surface area contributed by atoms with E-state index >= 15 is 0 Å². The number of hydrogen-bond acceptors (Lipinski definition) is 4. The lowest BCUT2D eigenvalue weighted by Crippen LogP contribution is -2.47. The van der Waals surface area contributed by atoms with Crippen molar-refractivity contribution in [3.05, 3.63) is 28.3 Å². The minimum atomic E-state index is -0.480. The van der Waals surface area contributed by atoms with Gasteiger partial charge in [0.2, 0.25) is 0 Å². The minimum absolute atomic E-state index is 0.0633. The normalized spacial score (nSPS) is 20.4. The highest BCUT2D eigenvalue weighted by Gasteiger charge is 2.41. The molecule has 22 heavy (non-hydrogen) atoms. The van der Waals surface area contributed by atoms with Gasteiger partial charge in [-0.1, -0.05) is 11.6 Å². The molecule has 0 unspecified atom stereocenters. The van der Waals surface area contributed by atoms with E-state index in [1.807, 2.05) is 6.92 Å². The Morgan fingerprint density at radius 2 is 1.91 bits per heavy atom. The summed E-state index contributed by atoms with van der Waals surface area (Å²) in [5.74, 6) is 0.0124.